The molecule has 1 saturated heterocycles. The van der Waals surface area contributed by atoms with E-state index in [1.807, 2.05) is 22.6 Å². The third kappa shape index (κ3) is 2.96. The molecule has 1 aromatic rings. The third-order valence-electron chi connectivity index (χ3n) is 3.01. The minimum atomic E-state index is 0.467. The Kier molecular flexibility index (Phi) is 4.20. The predicted molar refractivity (Wildman–Crippen MR) is 66.3 cm³/mol. The largest absolute Gasteiger partial charge is 0.325 e. The molecule has 0 spiro atoms. The molecule has 0 amide bonds. The Labute approximate surface area is 100 Å². The van der Waals surface area contributed by atoms with Crippen LogP contribution in [-0.2, 0) is 13.1 Å². The van der Waals surface area contributed by atoms with E-state index in [1.165, 1.54) is 17.9 Å². The van der Waals surface area contributed by atoms with Gasteiger partial charge in [0.2, 0.25) is 0 Å². The van der Waals surface area contributed by atoms with Gasteiger partial charge in [0.25, 0.3) is 0 Å². The van der Waals surface area contributed by atoms with Crippen molar-refractivity contribution in [2.45, 2.75) is 25.6 Å². The molecule has 1 aromatic heterocycles. The summed E-state index contributed by atoms with van der Waals surface area (Å²) in [5.41, 5.74) is 6.35. The van der Waals surface area contributed by atoms with Crippen LogP contribution >= 0.6 is 11.8 Å². The fraction of sp³-hybridized carbons (Fsp3) is 0.800. The van der Waals surface area contributed by atoms with E-state index < -0.39 is 0 Å². The second-order valence-electron chi connectivity index (χ2n) is 4.18. The monoisotopic (exact) mass is 241 g/mol. The highest BCUT2D eigenvalue weighted by molar-refractivity contribution is 7.99. The van der Waals surface area contributed by atoms with Gasteiger partial charge in [-0.25, -0.2) is 0 Å². The van der Waals surface area contributed by atoms with Crippen molar-refractivity contribution in [2.24, 2.45) is 5.73 Å². The molecule has 6 heteroatoms. The second-order valence-corrected chi connectivity index (χ2v) is 5.32. The van der Waals surface area contributed by atoms with E-state index in [4.69, 9.17) is 5.73 Å². The zero-order valence-corrected chi connectivity index (χ0v) is 10.5. The summed E-state index contributed by atoms with van der Waals surface area (Å²) in [5, 5.41) is 8.02. The summed E-state index contributed by atoms with van der Waals surface area (Å²) < 4.78 is 1.88. The molecule has 2 N–H and O–H groups in total. The first-order chi connectivity index (χ1) is 7.79. The highest BCUT2D eigenvalue weighted by Gasteiger charge is 2.19. The van der Waals surface area contributed by atoms with E-state index in [0.29, 0.717) is 6.54 Å². The van der Waals surface area contributed by atoms with Gasteiger partial charge in [-0.15, -0.1) is 5.10 Å². The first-order valence-electron chi connectivity index (χ1n) is 5.66. The van der Waals surface area contributed by atoms with Crippen LogP contribution in [0.2, 0.25) is 0 Å². The quantitative estimate of drug-likeness (QED) is 0.796. The molecule has 0 saturated carbocycles. The maximum absolute atomic E-state index is 5.49. The number of rotatable bonds is 5. The summed E-state index contributed by atoms with van der Waals surface area (Å²) >= 11 is 2.05. The van der Waals surface area contributed by atoms with Crippen molar-refractivity contribution in [3.8, 4) is 0 Å². The number of aromatic nitrogens is 3. The first kappa shape index (κ1) is 11.9. The third-order valence-corrected chi connectivity index (χ3v) is 4.15. The molecule has 90 valence electrons. The van der Waals surface area contributed by atoms with Gasteiger partial charge in [-0.05, 0) is 19.2 Å². The fourth-order valence-electron chi connectivity index (χ4n) is 1.85. The van der Waals surface area contributed by atoms with Gasteiger partial charge in [-0.3, -0.25) is 4.68 Å². The number of hydrogen-bond donors (Lipinski definition) is 1. The van der Waals surface area contributed by atoms with Crippen molar-refractivity contribution in [2.75, 3.05) is 25.1 Å². The van der Waals surface area contributed by atoms with Crippen LogP contribution in [0.5, 0.6) is 0 Å². The van der Waals surface area contributed by atoms with Crippen LogP contribution < -0.4 is 5.73 Å². The lowest BCUT2D eigenvalue weighted by Crippen LogP contribution is -2.34. The van der Waals surface area contributed by atoms with Crippen molar-refractivity contribution in [3.63, 3.8) is 0 Å². The lowest BCUT2D eigenvalue weighted by molar-refractivity contribution is 0.248. The molecule has 0 aliphatic carbocycles. The van der Waals surface area contributed by atoms with Crippen molar-refractivity contribution >= 4 is 11.8 Å². The van der Waals surface area contributed by atoms with Crippen molar-refractivity contribution in [1.82, 2.24) is 19.9 Å². The highest BCUT2D eigenvalue weighted by atomic mass is 32.2. The van der Waals surface area contributed by atoms with Crippen molar-refractivity contribution in [3.05, 3.63) is 11.9 Å². The minimum Gasteiger partial charge on any atom is -0.325 e. The number of nitrogens with zero attached hydrogens (tertiary/aromatic N) is 4. The number of nitrogens with two attached hydrogens (primary N) is 1. The maximum atomic E-state index is 5.49. The minimum absolute atomic E-state index is 0.467. The Morgan fingerprint density at radius 1 is 1.69 bits per heavy atom. The molecule has 1 fully saturated rings. The van der Waals surface area contributed by atoms with Crippen LogP contribution in [0, 0.1) is 0 Å². The first-order valence-corrected chi connectivity index (χ1v) is 6.82. The van der Waals surface area contributed by atoms with E-state index in [2.05, 4.69) is 22.3 Å². The summed E-state index contributed by atoms with van der Waals surface area (Å²) in [6.07, 6.45) is 3.24. The summed E-state index contributed by atoms with van der Waals surface area (Å²) in [6.45, 7) is 2.39. The number of likely N-dealkylation sites (N-methyl/N-ethyl adjacent to an activating group) is 1. The SMILES string of the molecule is CN(CCn1cc(CN)nn1)C1CCSC1. The summed E-state index contributed by atoms with van der Waals surface area (Å²) in [5.74, 6) is 2.57. The molecule has 0 radical (unpaired) electrons. The van der Waals surface area contributed by atoms with E-state index in [1.54, 1.807) is 0 Å². The van der Waals surface area contributed by atoms with E-state index in [-0.39, 0.29) is 0 Å². The lowest BCUT2D eigenvalue weighted by atomic mass is 10.2. The molecule has 1 unspecified atom stereocenters. The van der Waals surface area contributed by atoms with Gasteiger partial charge >= 0.3 is 0 Å². The van der Waals surface area contributed by atoms with E-state index >= 15 is 0 Å². The lowest BCUT2D eigenvalue weighted by Gasteiger charge is -2.22. The summed E-state index contributed by atoms with van der Waals surface area (Å²) in [7, 11) is 2.19. The molecule has 0 bridgehead atoms. The average Bonchev–Trinajstić information content (AvgIpc) is 2.96. The Hall–Kier alpha value is -0.590. The molecule has 2 heterocycles. The van der Waals surface area contributed by atoms with Crippen LogP contribution in [0.1, 0.15) is 12.1 Å². The van der Waals surface area contributed by atoms with Gasteiger partial charge in [0.15, 0.2) is 0 Å². The topological polar surface area (TPSA) is 60.0 Å². The number of thioether (sulfide) groups is 1. The van der Waals surface area contributed by atoms with E-state index in [9.17, 15) is 0 Å². The highest BCUT2D eigenvalue weighted by Crippen LogP contribution is 2.20. The Balaban J connectivity index is 1.77. The van der Waals surface area contributed by atoms with Crippen LogP contribution in [0.4, 0.5) is 0 Å². The Bertz CT molecular complexity index is 321. The van der Waals surface area contributed by atoms with Gasteiger partial charge in [0.1, 0.15) is 0 Å². The molecule has 5 nitrogen and oxygen atoms in total. The van der Waals surface area contributed by atoms with Gasteiger partial charge in [-0.1, -0.05) is 5.21 Å². The number of hydrogen-bond acceptors (Lipinski definition) is 5. The average molecular weight is 241 g/mol. The molecule has 1 atom stereocenters. The van der Waals surface area contributed by atoms with Crippen molar-refractivity contribution in [1.29, 1.82) is 0 Å². The molecule has 1 aliphatic rings. The van der Waals surface area contributed by atoms with Gasteiger partial charge in [0, 0.05) is 31.1 Å². The molecule has 16 heavy (non-hydrogen) atoms. The molecule has 0 aromatic carbocycles. The van der Waals surface area contributed by atoms with Crippen LogP contribution in [-0.4, -0.2) is 51.0 Å². The molecule has 1 aliphatic heterocycles. The fourth-order valence-corrected chi connectivity index (χ4v) is 3.15. The van der Waals surface area contributed by atoms with Crippen LogP contribution in [0.3, 0.4) is 0 Å². The predicted octanol–water partition coefficient (Wildman–Crippen LogP) is 0.174. The van der Waals surface area contributed by atoms with E-state index in [0.717, 1.165) is 24.8 Å². The van der Waals surface area contributed by atoms with Gasteiger partial charge in [-0.2, -0.15) is 11.8 Å². The van der Waals surface area contributed by atoms with Crippen LogP contribution in [0.15, 0.2) is 6.20 Å². The maximum Gasteiger partial charge on any atom is 0.0962 e. The summed E-state index contributed by atoms with van der Waals surface area (Å²) in [6, 6.07) is 0.738. The summed E-state index contributed by atoms with van der Waals surface area (Å²) in [4.78, 5) is 2.42. The van der Waals surface area contributed by atoms with Crippen LogP contribution in [0.25, 0.3) is 0 Å². The molecule has 2 rings (SSSR count). The smallest absolute Gasteiger partial charge is 0.0962 e. The molecular formula is C10H19N5S. The Morgan fingerprint density at radius 3 is 3.19 bits per heavy atom. The zero-order chi connectivity index (χ0) is 11.4. The normalized spacial score (nSPS) is 20.8. The zero-order valence-electron chi connectivity index (χ0n) is 9.67. The standard InChI is InChI=1S/C10H19N5S/c1-14(10-2-5-16-8-10)3-4-15-7-9(6-11)12-13-15/h7,10H,2-6,8,11H2,1H3. The second kappa shape index (κ2) is 5.65. The van der Waals surface area contributed by atoms with Gasteiger partial charge in [0.05, 0.1) is 12.2 Å². The van der Waals surface area contributed by atoms with Gasteiger partial charge < -0.3 is 10.6 Å². The van der Waals surface area contributed by atoms with Crippen molar-refractivity contribution < 1.29 is 0 Å². The Morgan fingerprint density at radius 2 is 2.56 bits per heavy atom. The molecular weight excluding hydrogens is 222 g/mol.